The number of nitrogens with two attached hydrogens (primary N) is 3. The molecular formula is C20H31N5O4. The number of nitrogens with one attached hydrogen (secondary N) is 2. The molecule has 0 bridgehead atoms. The first-order chi connectivity index (χ1) is 13.4. The molecule has 0 unspecified atom stereocenters. The van der Waals surface area contributed by atoms with Crippen LogP contribution < -0.4 is 22.5 Å². The SMILES string of the molecule is CC(C)(C)N.NC(=O)[C@H](N)CCC(=O)N[C@H](Cc1c[nH]c2ccccc12)C(=O)O. The molecular weight excluding hydrogens is 374 g/mol. The summed E-state index contributed by atoms with van der Waals surface area (Å²) in [7, 11) is 0. The summed E-state index contributed by atoms with van der Waals surface area (Å²) in [6, 6.07) is 5.51. The zero-order valence-corrected chi connectivity index (χ0v) is 17.1. The molecule has 160 valence electrons. The van der Waals surface area contributed by atoms with Crippen LogP contribution in [0.2, 0.25) is 0 Å². The predicted molar refractivity (Wildman–Crippen MR) is 112 cm³/mol. The molecule has 2 rings (SSSR count). The van der Waals surface area contributed by atoms with E-state index in [1.54, 1.807) is 6.20 Å². The molecule has 0 fully saturated rings. The predicted octanol–water partition coefficient (Wildman–Crippen LogP) is 0.616. The maximum atomic E-state index is 11.9. The smallest absolute Gasteiger partial charge is 0.326 e. The molecule has 9 heteroatoms. The third-order valence-corrected chi connectivity index (χ3v) is 3.78. The maximum absolute atomic E-state index is 11.9. The van der Waals surface area contributed by atoms with E-state index >= 15 is 0 Å². The minimum absolute atomic E-state index is 0. The molecule has 2 amide bonds. The van der Waals surface area contributed by atoms with Crippen molar-refractivity contribution in [3.8, 4) is 0 Å². The lowest BCUT2D eigenvalue weighted by molar-refractivity contribution is -0.141. The Kier molecular flexibility index (Phi) is 8.81. The summed E-state index contributed by atoms with van der Waals surface area (Å²) in [5, 5.41) is 12.7. The van der Waals surface area contributed by atoms with Crippen molar-refractivity contribution in [3.05, 3.63) is 36.0 Å². The molecule has 29 heavy (non-hydrogen) atoms. The normalized spacial score (nSPS) is 13.1. The van der Waals surface area contributed by atoms with Crippen LogP contribution in [0, 0.1) is 0 Å². The van der Waals surface area contributed by atoms with E-state index in [-0.39, 0.29) is 24.8 Å². The van der Waals surface area contributed by atoms with Crippen molar-refractivity contribution in [1.82, 2.24) is 10.3 Å². The lowest BCUT2D eigenvalue weighted by Crippen LogP contribution is -2.43. The fraction of sp³-hybridized carbons (Fsp3) is 0.450. The number of aromatic nitrogens is 1. The van der Waals surface area contributed by atoms with Crippen molar-refractivity contribution >= 4 is 28.7 Å². The molecule has 0 saturated carbocycles. The maximum Gasteiger partial charge on any atom is 0.326 e. The van der Waals surface area contributed by atoms with Gasteiger partial charge in [-0.05, 0) is 38.8 Å². The van der Waals surface area contributed by atoms with Crippen molar-refractivity contribution in [3.63, 3.8) is 0 Å². The van der Waals surface area contributed by atoms with Gasteiger partial charge in [-0.25, -0.2) is 4.79 Å². The third-order valence-electron chi connectivity index (χ3n) is 3.78. The molecule has 0 aliphatic carbocycles. The second-order valence-corrected chi connectivity index (χ2v) is 7.94. The number of rotatable bonds is 8. The number of benzene rings is 1. The second kappa shape index (κ2) is 10.6. The molecule has 0 saturated heterocycles. The Hall–Kier alpha value is -2.91. The Bertz CT molecular complexity index is 835. The van der Waals surface area contributed by atoms with Gasteiger partial charge in [-0.2, -0.15) is 0 Å². The van der Waals surface area contributed by atoms with Crippen LogP contribution in [-0.2, 0) is 20.8 Å². The van der Waals surface area contributed by atoms with E-state index in [0.29, 0.717) is 0 Å². The van der Waals surface area contributed by atoms with Gasteiger partial charge in [0.2, 0.25) is 11.8 Å². The number of para-hydroxylation sites is 1. The monoisotopic (exact) mass is 405 g/mol. The standard InChI is InChI=1S/C16H20N4O4.C4H11N/c17-11(15(18)22)5-6-14(21)20-13(16(23)24)7-9-8-19-12-4-2-1-3-10(9)12;1-4(2,3)5/h1-4,8,11,13,19H,5-7,17H2,(H2,18,22)(H,20,21)(H,23,24);5H2,1-3H3/t11-,13-;/m1./s1. The van der Waals surface area contributed by atoms with Gasteiger partial charge >= 0.3 is 5.97 Å². The van der Waals surface area contributed by atoms with E-state index in [1.807, 2.05) is 45.0 Å². The largest absolute Gasteiger partial charge is 0.480 e. The van der Waals surface area contributed by atoms with Gasteiger partial charge in [-0.3, -0.25) is 9.59 Å². The van der Waals surface area contributed by atoms with Crippen LogP contribution in [0.1, 0.15) is 39.2 Å². The average molecular weight is 405 g/mol. The summed E-state index contributed by atoms with van der Waals surface area (Å²) in [6.07, 6.45) is 1.88. The Morgan fingerprint density at radius 2 is 1.79 bits per heavy atom. The van der Waals surface area contributed by atoms with Gasteiger partial charge in [-0.15, -0.1) is 0 Å². The summed E-state index contributed by atoms with van der Waals surface area (Å²) in [6.45, 7) is 5.90. The number of carbonyl (C=O) groups is 3. The van der Waals surface area contributed by atoms with E-state index in [4.69, 9.17) is 17.2 Å². The van der Waals surface area contributed by atoms with Crippen molar-refractivity contribution in [2.24, 2.45) is 17.2 Å². The Balaban J connectivity index is 0.000000749. The zero-order chi connectivity index (χ0) is 22.2. The van der Waals surface area contributed by atoms with E-state index < -0.39 is 29.9 Å². The van der Waals surface area contributed by atoms with Crippen LogP contribution in [0.4, 0.5) is 0 Å². The highest BCUT2D eigenvalue weighted by molar-refractivity contribution is 5.87. The van der Waals surface area contributed by atoms with Crippen LogP contribution >= 0.6 is 0 Å². The highest BCUT2D eigenvalue weighted by atomic mass is 16.4. The molecule has 1 heterocycles. The van der Waals surface area contributed by atoms with Crippen LogP contribution in [-0.4, -0.2) is 45.5 Å². The molecule has 0 spiro atoms. The molecule has 0 aliphatic heterocycles. The average Bonchev–Trinajstić information content (AvgIpc) is 3.00. The number of primary amides is 1. The van der Waals surface area contributed by atoms with Crippen molar-refractivity contribution in [1.29, 1.82) is 0 Å². The summed E-state index contributed by atoms with van der Waals surface area (Å²) in [5.41, 5.74) is 17.5. The Labute approximate surface area is 170 Å². The van der Waals surface area contributed by atoms with E-state index in [9.17, 15) is 19.5 Å². The first-order valence-electron chi connectivity index (χ1n) is 9.29. The van der Waals surface area contributed by atoms with Crippen LogP contribution in [0.3, 0.4) is 0 Å². The summed E-state index contributed by atoms with van der Waals surface area (Å²) in [5.74, 6) is -2.32. The number of amides is 2. The molecule has 9 nitrogen and oxygen atoms in total. The number of carboxylic acids is 1. The van der Waals surface area contributed by atoms with Gasteiger partial charge in [-0.1, -0.05) is 18.2 Å². The number of carboxylic acid groups (broad SMARTS) is 1. The van der Waals surface area contributed by atoms with Gasteiger partial charge in [0, 0.05) is 35.5 Å². The minimum Gasteiger partial charge on any atom is -0.480 e. The highest BCUT2D eigenvalue weighted by Gasteiger charge is 2.22. The zero-order valence-electron chi connectivity index (χ0n) is 17.1. The van der Waals surface area contributed by atoms with E-state index in [0.717, 1.165) is 16.5 Å². The van der Waals surface area contributed by atoms with Crippen molar-refractivity contribution in [2.45, 2.75) is 57.7 Å². The van der Waals surface area contributed by atoms with Gasteiger partial charge in [0.25, 0.3) is 0 Å². The third kappa shape index (κ3) is 9.22. The van der Waals surface area contributed by atoms with Crippen LogP contribution in [0.15, 0.2) is 30.5 Å². The molecule has 2 aromatic rings. The number of aromatic amines is 1. The number of hydrogen-bond acceptors (Lipinski definition) is 5. The summed E-state index contributed by atoms with van der Waals surface area (Å²) in [4.78, 5) is 37.2. The van der Waals surface area contributed by atoms with Crippen LogP contribution in [0.5, 0.6) is 0 Å². The van der Waals surface area contributed by atoms with Gasteiger partial charge < -0.3 is 32.6 Å². The van der Waals surface area contributed by atoms with Gasteiger partial charge in [0.15, 0.2) is 0 Å². The highest BCUT2D eigenvalue weighted by Crippen LogP contribution is 2.19. The molecule has 1 aromatic heterocycles. The topological polar surface area (TPSA) is 177 Å². The molecule has 0 radical (unpaired) electrons. The molecule has 9 N–H and O–H groups in total. The van der Waals surface area contributed by atoms with Crippen molar-refractivity contribution < 1.29 is 19.5 Å². The number of H-pyrrole nitrogens is 1. The van der Waals surface area contributed by atoms with Crippen LogP contribution in [0.25, 0.3) is 10.9 Å². The van der Waals surface area contributed by atoms with Crippen molar-refractivity contribution in [2.75, 3.05) is 0 Å². The molecule has 1 aromatic carbocycles. The van der Waals surface area contributed by atoms with Gasteiger partial charge in [0.1, 0.15) is 6.04 Å². The number of fused-ring (bicyclic) bond motifs is 1. The Morgan fingerprint density at radius 3 is 2.34 bits per heavy atom. The number of carbonyl (C=O) groups excluding carboxylic acids is 2. The van der Waals surface area contributed by atoms with E-state index in [2.05, 4.69) is 10.3 Å². The number of aliphatic carboxylic acids is 1. The fourth-order valence-electron chi connectivity index (χ4n) is 2.42. The minimum atomic E-state index is -1.13. The molecule has 0 aliphatic rings. The summed E-state index contributed by atoms with van der Waals surface area (Å²) < 4.78 is 0. The lowest BCUT2D eigenvalue weighted by atomic mass is 10.0. The first kappa shape index (κ1) is 24.1. The Morgan fingerprint density at radius 1 is 1.21 bits per heavy atom. The fourth-order valence-corrected chi connectivity index (χ4v) is 2.42. The van der Waals surface area contributed by atoms with E-state index in [1.165, 1.54) is 0 Å². The lowest BCUT2D eigenvalue weighted by Gasteiger charge is -2.15. The first-order valence-corrected chi connectivity index (χ1v) is 9.29. The summed E-state index contributed by atoms with van der Waals surface area (Å²) >= 11 is 0. The van der Waals surface area contributed by atoms with Gasteiger partial charge in [0.05, 0.1) is 6.04 Å². The second-order valence-electron chi connectivity index (χ2n) is 7.94. The quantitative estimate of drug-likeness (QED) is 0.375. The molecule has 2 atom stereocenters. The number of hydrogen-bond donors (Lipinski definition) is 6.